The number of hydrogen-bond acceptors (Lipinski definition) is 2. The van der Waals surface area contributed by atoms with Gasteiger partial charge in [-0.05, 0) is 11.6 Å². The fourth-order valence-electron chi connectivity index (χ4n) is 1.61. The van der Waals surface area contributed by atoms with Crippen LogP contribution in [0.15, 0.2) is 18.3 Å². The molecule has 0 unspecified atom stereocenters. The van der Waals surface area contributed by atoms with E-state index in [1.807, 2.05) is 6.07 Å². The summed E-state index contributed by atoms with van der Waals surface area (Å²) in [7, 11) is 1.49. The Labute approximate surface area is 86.1 Å². The number of nitriles is 1. The first kappa shape index (κ1) is 9.53. The third-order valence-electron chi connectivity index (χ3n) is 2.29. The number of aromatic nitrogens is 1. The third-order valence-corrected chi connectivity index (χ3v) is 2.29. The van der Waals surface area contributed by atoms with Gasteiger partial charge in [-0.1, -0.05) is 0 Å². The number of benzene rings is 1. The van der Waals surface area contributed by atoms with Gasteiger partial charge in [0.25, 0.3) is 0 Å². The fourth-order valence-corrected chi connectivity index (χ4v) is 1.61. The van der Waals surface area contributed by atoms with Crippen LogP contribution in [0.25, 0.3) is 10.9 Å². The summed E-state index contributed by atoms with van der Waals surface area (Å²) in [5, 5.41) is 9.31. The van der Waals surface area contributed by atoms with E-state index >= 15 is 0 Å². The zero-order valence-electron chi connectivity index (χ0n) is 8.17. The molecule has 3 nitrogen and oxygen atoms in total. The molecule has 2 rings (SSSR count). The number of fused-ring (bicyclic) bond motifs is 1. The predicted molar refractivity (Wildman–Crippen MR) is 54.1 cm³/mol. The van der Waals surface area contributed by atoms with Gasteiger partial charge in [0.2, 0.25) is 0 Å². The summed E-state index contributed by atoms with van der Waals surface area (Å²) < 4.78 is 18.3. The highest BCUT2D eigenvalue weighted by Crippen LogP contribution is 2.28. The molecule has 0 aliphatic heterocycles. The Bertz CT molecular complexity index is 539. The number of nitrogens with one attached hydrogen (secondary N) is 1. The van der Waals surface area contributed by atoms with E-state index in [9.17, 15) is 4.39 Å². The first-order valence-corrected chi connectivity index (χ1v) is 4.46. The van der Waals surface area contributed by atoms with Gasteiger partial charge in [-0.25, -0.2) is 4.39 Å². The summed E-state index contributed by atoms with van der Waals surface area (Å²) in [6.07, 6.45) is 1.96. The highest BCUT2D eigenvalue weighted by atomic mass is 19.1. The van der Waals surface area contributed by atoms with E-state index in [0.29, 0.717) is 11.1 Å². The number of halogens is 1. The van der Waals surface area contributed by atoms with Crippen molar-refractivity contribution in [3.8, 4) is 11.8 Å². The van der Waals surface area contributed by atoms with Crippen molar-refractivity contribution in [1.82, 2.24) is 4.98 Å². The van der Waals surface area contributed by atoms with Crippen molar-refractivity contribution in [2.45, 2.75) is 6.42 Å². The lowest BCUT2D eigenvalue weighted by Gasteiger charge is -2.02. The second-order valence-corrected chi connectivity index (χ2v) is 3.18. The molecule has 0 saturated heterocycles. The molecule has 0 aliphatic rings. The molecule has 0 atom stereocenters. The Hall–Kier alpha value is -2.02. The van der Waals surface area contributed by atoms with E-state index in [-0.39, 0.29) is 12.2 Å². The standard InChI is InChI=1S/C11H9FN2O/c1-15-10-5-8(12)4-9-7(2-3-13)6-14-11(9)10/h4-6,14H,2H2,1H3. The van der Waals surface area contributed by atoms with Crippen LogP contribution in [0.3, 0.4) is 0 Å². The van der Waals surface area contributed by atoms with Crippen molar-refractivity contribution >= 4 is 10.9 Å². The van der Waals surface area contributed by atoms with E-state index in [4.69, 9.17) is 10.00 Å². The second-order valence-electron chi connectivity index (χ2n) is 3.18. The van der Waals surface area contributed by atoms with Gasteiger partial charge < -0.3 is 9.72 Å². The highest BCUT2D eigenvalue weighted by Gasteiger charge is 2.09. The molecule has 76 valence electrons. The van der Waals surface area contributed by atoms with Crippen LogP contribution in [0.2, 0.25) is 0 Å². The maximum atomic E-state index is 13.2. The van der Waals surface area contributed by atoms with Crippen LogP contribution in [0.1, 0.15) is 5.56 Å². The smallest absolute Gasteiger partial charge is 0.145 e. The number of H-pyrrole nitrogens is 1. The molecular weight excluding hydrogens is 195 g/mol. The van der Waals surface area contributed by atoms with Crippen molar-refractivity contribution in [2.75, 3.05) is 7.11 Å². The van der Waals surface area contributed by atoms with Crippen molar-refractivity contribution in [2.24, 2.45) is 0 Å². The van der Waals surface area contributed by atoms with Crippen LogP contribution in [-0.2, 0) is 6.42 Å². The molecule has 0 spiro atoms. The highest BCUT2D eigenvalue weighted by molar-refractivity contribution is 5.88. The maximum Gasteiger partial charge on any atom is 0.145 e. The lowest BCUT2D eigenvalue weighted by Crippen LogP contribution is -1.87. The summed E-state index contributed by atoms with van der Waals surface area (Å²) in [5.74, 6) is 0.0901. The molecule has 2 aromatic rings. The Kier molecular flexibility index (Phi) is 2.30. The largest absolute Gasteiger partial charge is 0.494 e. The monoisotopic (exact) mass is 204 g/mol. The number of ether oxygens (including phenoxy) is 1. The predicted octanol–water partition coefficient (Wildman–Crippen LogP) is 2.38. The lowest BCUT2D eigenvalue weighted by atomic mass is 10.1. The molecule has 0 bridgehead atoms. The molecule has 1 aromatic carbocycles. The molecule has 1 N–H and O–H groups in total. The van der Waals surface area contributed by atoms with Crippen LogP contribution in [0, 0.1) is 17.1 Å². The Balaban J connectivity index is 2.70. The number of rotatable bonds is 2. The first-order valence-electron chi connectivity index (χ1n) is 4.46. The Morgan fingerprint density at radius 3 is 3.00 bits per heavy atom. The minimum absolute atomic E-state index is 0.257. The molecule has 0 saturated carbocycles. The van der Waals surface area contributed by atoms with Gasteiger partial charge in [0.15, 0.2) is 0 Å². The van der Waals surface area contributed by atoms with Crippen LogP contribution >= 0.6 is 0 Å². The van der Waals surface area contributed by atoms with Crippen LogP contribution < -0.4 is 4.74 Å². The lowest BCUT2D eigenvalue weighted by molar-refractivity contribution is 0.416. The fraction of sp³-hybridized carbons (Fsp3) is 0.182. The summed E-state index contributed by atoms with van der Waals surface area (Å²) in [6.45, 7) is 0. The summed E-state index contributed by atoms with van der Waals surface area (Å²) in [6, 6.07) is 4.75. The van der Waals surface area contributed by atoms with Gasteiger partial charge in [-0.2, -0.15) is 5.26 Å². The number of hydrogen-bond donors (Lipinski definition) is 1. The van der Waals surface area contributed by atoms with Gasteiger partial charge in [0.1, 0.15) is 11.6 Å². The first-order chi connectivity index (χ1) is 7.26. The molecule has 0 aliphatic carbocycles. The molecular formula is C11H9FN2O. The minimum Gasteiger partial charge on any atom is -0.494 e. The third kappa shape index (κ3) is 1.52. The molecule has 15 heavy (non-hydrogen) atoms. The van der Waals surface area contributed by atoms with Gasteiger partial charge >= 0.3 is 0 Å². The maximum absolute atomic E-state index is 13.2. The van der Waals surface area contributed by atoms with E-state index in [1.165, 1.54) is 19.2 Å². The van der Waals surface area contributed by atoms with Crippen molar-refractivity contribution in [1.29, 1.82) is 5.26 Å². The normalized spacial score (nSPS) is 10.2. The average molecular weight is 204 g/mol. The van der Waals surface area contributed by atoms with Crippen LogP contribution in [-0.4, -0.2) is 12.1 Å². The summed E-state index contributed by atoms with van der Waals surface area (Å²) >= 11 is 0. The number of nitrogens with zero attached hydrogens (tertiary/aromatic N) is 1. The molecule has 0 amide bonds. The number of methoxy groups -OCH3 is 1. The van der Waals surface area contributed by atoms with Gasteiger partial charge in [0.05, 0.1) is 25.1 Å². The number of aromatic amines is 1. The van der Waals surface area contributed by atoms with Crippen molar-refractivity contribution < 1.29 is 9.13 Å². The average Bonchev–Trinajstić information content (AvgIpc) is 2.61. The topological polar surface area (TPSA) is 48.8 Å². The van der Waals surface area contributed by atoms with Crippen molar-refractivity contribution in [3.05, 3.63) is 29.7 Å². The van der Waals surface area contributed by atoms with Gasteiger partial charge in [-0.15, -0.1) is 0 Å². The van der Waals surface area contributed by atoms with E-state index in [2.05, 4.69) is 4.98 Å². The Morgan fingerprint density at radius 2 is 2.33 bits per heavy atom. The zero-order chi connectivity index (χ0) is 10.8. The summed E-state index contributed by atoms with van der Waals surface area (Å²) in [4.78, 5) is 2.98. The van der Waals surface area contributed by atoms with Crippen molar-refractivity contribution in [3.63, 3.8) is 0 Å². The molecule has 1 heterocycles. The van der Waals surface area contributed by atoms with Crippen LogP contribution in [0.5, 0.6) is 5.75 Å². The van der Waals surface area contributed by atoms with E-state index < -0.39 is 0 Å². The quantitative estimate of drug-likeness (QED) is 0.816. The van der Waals surface area contributed by atoms with Crippen LogP contribution in [0.4, 0.5) is 4.39 Å². The minimum atomic E-state index is -0.363. The van der Waals surface area contributed by atoms with Gasteiger partial charge in [0, 0.05) is 17.6 Å². The molecule has 1 aromatic heterocycles. The van der Waals surface area contributed by atoms with Gasteiger partial charge in [-0.3, -0.25) is 0 Å². The second kappa shape index (κ2) is 3.62. The molecule has 4 heteroatoms. The SMILES string of the molecule is COc1cc(F)cc2c(CC#N)c[nH]c12. The Morgan fingerprint density at radius 1 is 1.53 bits per heavy atom. The molecule has 0 fully saturated rings. The molecule has 0 radical (unpaired) electrons. The van der Waals surface area contributed by atoms with E-state index in [0.717, 1.165) is 11.1 Å². The zero-order valence-corrected chi connectivity index (χ0v) is 8.17. The summed E-state index contributed by atoms with van der Waals surface area (Å²) in [5.41, 5.74) is 1.51. The van der Waals surface area contributed by atoms with E-state index in [1.54, 1.807) is 6.20 Å².